The minimum absolute atomic E-state index is 0.0772. The van der Waals surface area contributed by atoms with Crippen LogP contribution in [0.15, 0.2) is 30.3 Å². The van der Waals surface area contributed by atoms with Crippen LogP contribution in [-0.4, -0.2) is 14.2 Å². The molecule has 0 aromatic heterocycles. The summed E-state index contributed by atoms with van der Waals surface area (Å²) in [6.07, 6.45) is -4.69. The van der Waals surface area contributed by atoms with Crippen LogP contribution in [-0.2, 0) is 21.0 Å². The Morgan fingerprint density at radius 3 is 2.23 bits per heavy atom. The molecule has 0 radical (unpaired) electrons. The highest BCUT2D eigenvalue weighted by Gasteiger charge is 2.58. The average molecular weight is 602 g/mol. The van der Waals surface area contributed by atoms with E-state index in [0.29, 0.717) is 26.7 Å². The summed E-state index contributed by atoms with van der Waals surface area (Å²) in [4.78, 5) is 13.5. The Morgan fingerprint density at radius 2 is 1.71 bits per heavy atom. The number of amides is 1. The van der Waals surface area contributed by atoms with E-state index in [4.69, 9.17) is 27.6 Å². The summed E-state index contributed by atoms with van der Waals surface area (Å²) < 4.78 is 49.6. The van der Waals surface area contributed by atoms with E-state index >= 15 is 0 Å². The van der Waals surface area contributed by atoms with Crippen LogP contribution in [0.2, 0.25) is 28.2 Å². The summed E-state index contributed by atoms with van der Waals surface area (Å²) in [6.45, 7) is 5.84. The molecule has 0 bridgehead atoms. The standard InChI is InChI=1S/C21H21Cl2F3INO2Si/c1-4-31(5-2,6-3)30-20(14-8-7-12(22)9-16(14)23)18-15(21(24,25)26)10-13(27)11-17(18)28-19(20)29/h7-11H,4-6H2,1-3H3,(H,28,29). The van der Waals surface area contributed by atoms with Gasteiger partial charge < -0.3 is 9.74 Å². The minimum atomic E-state index is -4.69. The Kier molecular flexibility index (Phi) is 7.09. The van der Waals surface area contributed by atoms with Gasteiger partial charge in [0.15, 0.2) is 13.9 Å². The molecule has 3 nitrogen and oxygen atoms in total. The molecule has 0 fully saturated rings. The van der Waals surface area contributed by atoms with Crippen molar-refractivity contribution >= 4 is 65.7 Å². The van der Waals surface area contributed by atoms with E-state index in [9.17, 15) is 18.0 Å². The third-order valence-electron chi connectivity index (χ3n) is 5.94. The van der Waals surface area contributed by atoms with Crippen molar-refractivity contribution in [3.05, 3.63) is 60.6 Å². The van der Waals surface area contributed by atoms with Gasteiger partial charge in [-0.15, -0.1) is 0 Å². The first kappa shape index (κ1) is 24.8. The van der Waals surface area contributed by atoms with Crippen LogP contribution in [0.1, 0.15) is 37.5 Å². The lowest BCUT2D eigenvalue weighted by Gasteiger charge is -2.40. The lowest BCUT2D eigenvalue weighted by Crippen LogP contribution is -2.50. The maximum absolute atomic E-state index is 14.2. The van der Waals surface area contributed by atoms with Crippen molar-refractivity contribution in [1.29, 1.82) is 0 Å². The monoisotopic (exact) mass is 601 g/mol. The van der Waals surface area contributed by atoms with E-state index in [2.05, 4.69) is 5.32 Å². The molecule has 0 spiro atoms. The average Bonchev–Trinajstić information content (AvgIpc) is 2.96. The summed E-state index contributed by atoms with van der Waals surface area (Å²) in [7, 11) is -2.60. The summed E-state index contributed by atoms with van der Waals surface area (Å²) in [5, 5.41) is 3.03. The molecular formula is C21H21Cl2F3INO2Si. The van der Waals surface area contributed by atoms with Gasteiger partial charge in [-0.05, 0) is 65.0 Å². The Labute approximate surface area is 203 Å². The SMILES string of the molecule is CC[Si](CC)(CC)OC1(c2ccc(Cl)cc2Cl)C(=O)Nc2cc(I)cc(C(F)(F)F)c21. The van der Waals surface area contributed by atoms with Crippen LogP contribution in [0.4, 0.5) is 18.9 Å². The van der Waals surface area contributed by atoms with Crippen LogP contribution in [0.5, 0.6) is 0 Å². The molecule has 1 unspecified atom stereocenters. The second kappa shape index (κ2) is 8.85. The number of carbonyl (C=O) groups is 1. The lowest BCUT2D eigenvalue weighted by atomic mass is 9.84. The van der Waals surface area contributed by atoms with Crippen LogP contribution in [0, 0.1) is 3.57 Å². The number of benzene rings is 2. The summed E-state index contributed by atoms with van der Waals surface area (Å²) in [5.41, 5.74) is -2.91. The summed E-state index contributed by atoms with van der Waals surface area (Å²) in [5.74, 6) is -0.675. The van der Waals surface area contributed by atoms with Crippen molar-refractivity contribution in [3.8, 4) is 0 Å². The van der Waals surface area contributed by atoms with Crippen molar-refractivity contribution in [1.82, 2.24) is 0 Å². The number of rotatable bonds is 6. The van der Waals surface area contributed by atoms with Crippen molar-refractivity contribution in [2.24, 2.45) is 0 Å². The molecule has 2 aromatic rings. The molecule has 1 aliphatic rings. The molecule has 1 aliphatic heterocycles. The second-order valence-electron chi connectivity index (χ2n) is 7.48. The van der Waals surface area contributed by atoms with Crippen molar-refractivity contribution < 1.29 is 22.4 Å². The van der Waals surface area contributed by atoms with Gasteiger partial charge in [-0.2, -0.15) is 13.2 Å². The minimum Gasteiger partial charge on any atom is -0.396 e. The number of fused-ring (bicyclic) bond motifs is 1. The zero-order chi connectivity index (χ0) is 23.2. The van der Waals surface area contributed by atoms with Crippen LogP contribution in [0.25, 0.3) is 0 Å². The Balaban J connectivity index is 2.46. The highest BCUT2D eigenvalue weighted by atomic mass is 127. The van der Waals surface area contributed by atoms with Gasteiger partial charge in [0.25, 0.3) is 5.91 Å². The van der Waals surface area contributed by atoms with Crippen molar-refractivity contribution in [3.63, 3.8) is 0 Å². The zero-order valence-corrected chi connectivity index (χ0v) is 21.8. The van der Waals surface area contributed by atoms with Crippen molar-refractivity contribution in [2.45, 2.75) is 50.7 Å². The predicted molar refractivity (Wildman–Crippen MR) is 128 cm³/mol. The van der Waals surface area contributed by atoms with Gasteiger partial charge in [0.2, 0.25) is 0 Å². The first-order valence-corrected chi connectivity index (χ1v) is 14.2. The molecule has 31 heavy (non-hydrogen) atoms. The maximum Gasteiger partial charge on any atom is 0.416 e. The van der Waals surface area contributed by atoms with Crippen LogP contribution < -0.4 is 5.32 Å². The van der Waals surface area contributed by atoms with E-state index in [-0.39, 0.29) is 21.8 Å². The summed E-state index contributed by atoms with van der Waals surface area (Å²) >= 11 is 14.3. The molecule has 0 aliphatic carbocycles. The van der Waals surface area contributed by atoms with E-state index in [1.807, 2.05) is 20.8 Å². The molecular weight excluding hydrogens is 581 g/mol. The molecule has 1 heterocycles. The number of carbonyl (C=O) groups excluding carboxylic acids is 1. The number of nitrogens with one attached hydrogen (secondary N) is 1. The fourth-order valence-corrected chi connectivity index (χ4v) is 8.16. The molecule has 3 rings (SSSR count). The van der Waals surface area contributed by atoms with Gasteiger partial charge in [-0.1, -0.05) is 50.0 Å². The topological polar surface area (TPSA) is 38.3 Å². The third-order valence-corrected chi connectivity index (χ3v) is 11.7. The van der Waals surface area contributed by atoms with Gasteiger partial charge in [0.1, 0.15) is 0 Å². The molecule has 1 atom stereocenters. The smallest absolute Gasteiger partial charge is 0.396 e. The number of halogens is 6. The van der Waals surface area contributed by atoms with E-state index in [1.165, 1.54) is 24.3 Å². The maximum atomic E-state index is 14.2. The molecule has 1 N–H and O–H groups in total. The normalized spacial score (nSPS) is 18.8. The van der Waals surface area contributed by atoms with Gasteiger partial charge in [0, 0.05) is 30.4 Å². The summed E-state index contributed by atoms with van der Waals surface area (Å²) in [6, 6.07) is 8.88. The Hall–Kier alpha value is -0.813. The molecule has 168 valence electrons. The Morgan fingerprint density at radius 1 is 1.10 bits per heavy atom. The molecule has 2 aromatic carbocycles. The van der Waals surface area contributed by atoms with E-state index < -0.39 is 31.6 Å². The van der Waals surface area contributed by atoms with Gasteiger partial charge in [-0.3, -0.25) is 4.79 Å². The van der Waals surface area contributed by atoms with E-state index in [0.717, 1.165) is 6.07 Å². The predicted octanol–water partition coefficient (Wildman–Crippen LogP) is 7.83. The Bertz CT molecular complexity index is 1020. The fourth-order valence-electron chi connectivity index (χ4n) is 4.11. The number of alkyl halides is 3. The zero-order valence-electron chi connectivity index (χ0n) is 17.1. The highest BCUT2D eigenvalue weighted by molar-refractivity contribution is 14.1. The largest absolute Gasteiger partial charge is 0.416 e. The number of hydrogen-bond donors (Lipinski definition) is 1. The number of hydrogen-bond acceptors (Lipinski definition) is 2. The van der Waals surface area contributed by atoms with Gasteiger partial charge in [0.05, 0.1) is 5.56 Å². The van der Waals surface area contributed by atoms with Gasteiger partial charge in [-0.25, -0.2) is 0 Å². The molecule has 0 saturated carbocycles. The quantitative estimate of drug-likeness (QED) is 0.271. The fraction of sp³-hybridized carbons (Fsp3) is 0.381. The first-order valence-electron chi connectivity index (χ1n) is 9.82. The highest BCUT2D eigenvalue weighted by Crippen LogP contribution is 2.53. The third kappa shape index (κ3) is 4.26. The molecule has 0 saturated heterocycles. The first-order chi connectivity index (χ1) is 14.4. The number of anilines is 1. The lowest BCUT2D eigenvalue weighted by molar-refractivity contribution is -0.141. The van der Waals surface area contributed by atoms with Crippen LogP contribution >= 0.6 is 45.8 Å². The van der Waals surface area contributed by atoms with Crippen LogP contribution in [0.3, 0.4) is 0 Å². The van der Waals surface area contributed by atoms with E-state index in [1.54, 1.807) is 22.6 Å². The van der Waals surface area contributed by atoms with Gasteiger partial charge >= 0.3 is 6.18 Å². The molecule has 1 amide bonds. The second-order valence-corrected chi connectivity index (χ2v) is 14.3. The van der Waals surface area contributed by atoms with Crippen molar-refractivity contribution in [2.75, 3.05) is 5.32 Å². The molecule has 10 heteroatoms.